The summed E-state index contributed by atoms with van der Waals surface area (Å²) in [6, 6.07) is 13.1. The molecule has 2 rings (SSSR count). The largest absolute Gasteiger partial charge is 0.398 e. The normalized spacial score (nSPS) is 10.1. The summed E-state index contributed by atoms with van der Waals surface area (Å²) < 4.78 is 0. The third-order valence-corrected chi connectivity index (χ3v) is 4.18. The molecule has 0 unspecified atom stereocenters. The first-order valence-electron chi connectivity index (χ1n) is 6.62. The molecule has 0 atom stereocenters. The lowest BCUT2D eigenvalue weighted by Crippen LogP contribution is -2.14. The molecule has 3 nitrogen and oxygen atoms in total. The van der Waals surface area contributed by atoms with E-state index in [1.165, 1.54) is 0 Å². The van der Waals surface area contributed by atoms with E-state index in [2.05, 4.69) is 11.9 Å². The van der Waals surface area contributed by atoms with Crippen LogP contribution in [-0.2, 0) is 0 Å². The van der Waals surface area contributed by atoms with Crippen molar-refractivity contribution in [3.8, 4) is 0 Å². The second-order valence-electron chi connectivity index (χ2n) is 4.57. The van der Waals surface area contributed by atoms with Crippen LogP contribution in [0.2, 0.25) is 0 Å². The predicted molar refractivity (Wildman–Crippen MR) is 90.9 cm³/mol. The molecule has 3 N–H and O–H groups in total. The van der Waals surface area contributed by atoms with Crippen molar-refractivity contribution in [3.63, 3.8) is 0 Å². The number of hydrogen-bond acceptors (Lipinski definition) is 3. The summed E-state index contributed by atoms with van der Waals surface area (Å²) in [5.74, 6) is 0.649. The van der Waals surface area contributed by atoms with Crippen LogP contribution in [0.25, 0.3) is 0 Å². The van der Waals surface area contributed by atoms with Crippen molar-refractivity contribution in [1.29, 1.82) is 0 Å². The monoisotopic (exact) mass is 298 g/mol. The average molecular weight is 298 g/mol. The van der Waals surface area contributed by atoms with Gasteiger partial charge in [-0.05, 0) is 36.8 Å². The Balaban J connectivity index is 2.23. The molecule has 0 aliphatic carbocycles. The summed E-state index contributed by atoms with van der Waals surface area (Å²) >= 11 is 1.63. The van der Waals surface area contributed by atoms with Gasteiger partial charge in [-0.3, -0.25) is 4.79 Å². The van der Waals surface area contributed by atoms with Crippen molar-refractivity contribution in [1.82, 2.24) is 0 Å². The Morgan fingerprint density at radius 3 is 2.81 bits per heavy atom. The first-order valence-corrected chi connectivity index (χ1v) is 7.61. The molecule has 0 aliphatic heterocycles. The molecule has 0 heterocycles. The number of para-hydroxylation sites is 1. The van der Waals surface area contributed by atoms with Crippen LogP contribution in [0.3, 0.4) is 0 Å². The van der Waals surface area contributed by atoms with Crippen LogP contribution in [0.15, 0.2) is 60.0 Å². The molecule has 1 amide bonds. The summed E-state index contributed by atoms with van der Waals surface area (Å²) in [6.07, 6.45) is 1.84. The minimum absolute atomic E-state index is 0.147. The van der Waals surface area contributed by atoms with Crippen molar-refractivity contribution >= 4 is 29.0 Å². The topological polar surface area (TPSA) is 55.1 Å². The van der Waals surface area contributed by atoms with E-state index in [1.54, 1.807) is 30.0 Å². The third kappa shape index (κ3) is 3.67. The summed E-state index contributed by atoms with van der Waals surface area (Å²) in [7, 11) is 0. The Labute approximate surface area is 129 Å². The average Bonchev–Trinajstić information content (AvgIpc) is 2.49. The maximum absolute atomic E-state index is 12.4. The molecule has 4 heteroatoms. The van der Waals surface area contributed by atoms with E-state index in [-0.39, 0.29) is 5.91 Å². The molecule has 2 aromatic rings. The van der Waals surface area contributed by atoms with Gasteiger partial charge in [0.25, 0.3) is 5.91 Å². The number of rotatable bonds is 5. The minimum Gasteiger partial charge on any atom is -0.398 e. The van der Waals surface area contributed by atoms with Crippen LogP contribution in [0.1, 0.15) is 15.9 Å². The van der Waals surface area contributed by atoms with Gasteiger partial charge in [0, 0.05) is 21.9 Å². The van der Waals surface area contributed by atoms with Gasteiger partial charge in [-0.15, -0.1) is 18.3 Å². The van der Waals surface area contributed by atoms with Gasteiger partial charge in [0.1, 0.15) is 0 Å². The van der Waals surface area contributed by atoms with E-state index in [9.17, 15) is 4.79 Å². The molecule has 0 aromatic heterocycles. The van der Waals surface area contributed by atoms with Crippen LogP contribution in [0.5, 0.6) is 0 Å². The summed E-state index contributed by atoms with van der Waals surface area (Å²) in [5, 5.41) is 2.95. The van der Waals surface area contributed by atoms with E-state index >= 15 is 0 Å². The Kier molecular flexibility index (Phi) is 5.06. The van der Waals surface area contributed by atoms with Crippen LogP contribution in [0, 0.1) is 6.92 Å². The van der Waals surface area contributed by atoms with Crippen molar-refractivity contribution in [2.45, 2.75) is 11.8 Å². The van der Waals surface area contributed by atoms with Gasteiger partial charge in [0.05, 0.1) is 5.69 Å². The molecule has 0 aliphatic rings. The number of amides is 1. The highest BCUT2D eigenvalue weighted by molar-refractivity contribution is 7.99. The number of carbonyl (C=O) groups excluding carboxylic acids is 1. The Bertz CT molecular complexity index is 668. The zero-order valence-electron chi connectivity index (χ0n) is 11.9. The fraction of sp³-hybridized carbons (Fsp3) is 0.118. The number of anilines is 2. The van der Waals surface area contributed by atoms with Gasteiger partial charge in [-0.25, -0.2) is 0 Å². The summed E-state index contributed by atoms with van der Waals surface area (Å²) in [6.45, 7) is 5.56. The number of nitrogens with two attached hydrogens (primary N) is 1. The van der Waals surface area contributed by atoms with Gasteiger partial charge in [-0.1, -0.05) is 24.3 Å². The molecule has 0 spiro atoms. The molecule has 0 saturated carbocycles. The van der Waals surface area contributed by atoms with Gasteiger partial charge in [-0.2, -0.15) is 0 Å². The number of benzene rings is 2. The Morgan fingerprint density at radius 1 is 1.29 bits per heavy atom. The molecular weight excluding hydrogens is 280 g/mol. The molecule has 0 saturated heterocycles. The van der Waals surface area contributed by atoms with Crippen LogP contribution in [-0.4, -0.2) is 11.7 Å². The van der Waals surface area contributed by atoms with Crippen molar-refractivity contribution in [3.05, 3.63) is 66.2 Å². The maximum atomic E-state index is 12.4. The number of carbonyl (C=O) groups is 1. The number of nitrogen functional groups attached to an aromatic ring is 1. The molecule has 0 fully saturated rings. The van der Waals surface area contributed by atoms with Crippen LogP contribution >= 0.6 is 11.8 Å². The van der Waals surface area contributed by atoms with Crippen LogP contribution < -0.4 is 11.1 Å². The van der Waals surface area contributed by atoms with Crippen molar-refractivity contribution in [2.24, 2.45) is 0 Å². The predicted octanol–water partition coefficient (Wildman–Crippen LogP) is 4.11. The van der Waals surface area contributed by atoms with Gasteiger partial charge in [0.15, 0.2) is 0 Å². The quantitative estimate of drug-likeness (QED) is 0.496. The minimum atomic E-state index is -0.147. The zero-order chi connectivity index (χ0) is 15.2. The zero-order valence-corrected chi connectivity index (χ0v) is 12.7. The van der Waals surface area contributed by atoms with E-state index in [4.69, 9.17) is 5.73 Å². The standard InChI is InChI=1S/C17H18N2OS/c1-3-11-21-16-10-5-4-9-15(16)19-17(20)13-7-6-8-14(18)12(13)2/h3-10H,1,11,18H2,2H3,(H,19,20). The fourth-order valence-corrected chi connectivity index (χ4v) is 2.68. The van der Waals surface area contributed by atoms with E-state index in [0.29, 0.717) is 11.3 Å². The lowest BCUT2D eigenvalue weighted by atomic mass is 10.1. The number of hydrogen-bond donors (Lipinski definition) is 2. The van der Waals surface area contributed by atoms with Gasteiger partial charge >= 0.3 is 0 Å². The molecule has 108 valence electrons. The Morgan fingerprint density at radius 2 is 2.05 bits per heavy atom. The van der Waals surface area contributed by atoms with Gasteiger partial charge < -0.3 is 11.1 Å². The maximum Gasteiger partial charge on any atom is 0.256 e. The Hall–Kier alpha value is -2.20. The molecule has 0 bridgehead atoms. The second-order valence-corrected chi connectivity index (χ2v) is 5.63. The molecular formula is C17H18N2OS. The number of nitrogens with one attached hydrogen (secondary N) is 1. The molecule has 21 heavy (non-hydrogen) atoms. The van der Waals surface area contributed by atoms with E-state index in [1.807, 2.05) is 37.3 Å². The van der Waals surface area contributed by atoms with Crippen molar-refractivity contribution < 1.29 is 4.79 Å². The highest BCUT2D eigenvalue weighted by Gasteiger charge is 2.12. The SMILES string of the molecule is C=CCSc1ccccc1NC(=O)c1cccc(N)c1C. The van der Waals surface area contributed by atoms with E-state index in [0.717, 1.165) is 21.9 Å². The first-order chi connectivity index (χ1) is 10.1. The highest BCUT2D eigenvalue weighted by Crippen LogP contribution is 2.27. The third-order valence-electron chi connectivity index (χ3n) is 3.11. The summed E-state index contributed by atoms with van der Waals surface area (Å²) in [4.78, 5) is 13.4. The lowest BCUT2D eigenvalue weighted by molar-refractivity contribution is 0.102. The first kappa shape index (κ1) is 15.2. The van der Waals surface area contributed by atoms with Crippen molar-refractivity contribution in [2.75, 3.05) is 16.8 Å². The van der Waals surface area contributed by atoms with E-state index < -0.39 is 0 Å². The number of thioether (sulfide) groups is 1. The lowest BCUT2D eigenvalue weighted by Gasteiger charge is -2.12. The van der Waals surface area contributed by atoms with Crippen LogP contribution in [0.4, 0.5) is 11.4 Å². The smallest absolute Gasteiger partial charge is 0.256 e. The highest BCUT2D eigenvalue weighted by atomic mass is 32.2. The summed E-state index contributed by atoms with van der Waals surface area (Å²) in [5.41, 5.74) is 8.67. The fourth-order valence-electron chi connectivity index (χ4n) is 1.93. The van der Waals surface area contributed by atoms with Gasteiger partial charge in [0.2, 0.25) is 0 Å². The molecule has 2 aromatic carbocycles. The second kappa shape index (κ2) is 6.99. The molecule has 0 radical (unpaired) electrons.